The lowest BCUT2D eigenvalue weighted by molar-refractivity contribution is 0.0730. The lowest BCUT2D eigenvalue weighted by Crippen LogP contribution is -2.31. The van der Waals surface area contributed by atoms with E-state index >= 15 is 0 Å². The summed E-state index contributed by atoms with van der Waals surface area (Å²) in [6, 6.07) is 8.47. The summed E-state index contributed by atoms with van der Waals surface area (Å²) >= 11 is 1.45. The Balaban J connectivity index is 0.00000176. The van der Waals surface area contributed by atoms with Gasteiger partial charge in [-0.1, -0.05) is 24.3 Å². The minimum Gasteiger partial charge on any atom is -0.330 e. The van der Waals surface area contributed by atoms with Gasteiger partial charge in [0.1, 0.15) is 10.7 Å². The number of carbonyl (C=O) groups excluding carboxylic acids is 1. The van der Waals surface area contributed by atoms with E-state index in [0.29, 0.717) is 12.2 Å². The van der Waals surface area contributed by atoms with Crippen LogP contribution in [0, 0.1) is 6.92 Å². The highest BCUT2D eigenvalue weighted by molar-refractivity contribution is 7.09. The van der Waals surface area contributed by atoms with Crippen molar-refractivity contribution in [3.05, 3.63) is 51.5 Å². The van der Waals surface area contributed by atoms with Gasteiger partial charge in [0.15, 0.2) is 0 Å². The predicted molar refractivity (Wildman–Crippen MR) is 91.4 cm³/mol. The molecule has 1 aromatic carbocycles. The third-order valence-corrected chi connectivity index (χ3v) is 4.88. The van der Waals surface area contributed by atoms with Gasteiger partial charge in [-0.05, 0) is 30.9 Å². The Morgan fingerprint density at radius 3 is 2.91 bits per heavy atom. The van der Waals surface area contributed by atoms with E-state index in [-0.39, 0.29) is 24.4 Å². The van der Waals surface area contributed by atoms with E-state index in [2.05, 4.69) is 24.0 Å². The summed E-state index contributed by atoms with van der Waals surface area (Å²) in [6.07, 6.45) is 2.06. The zero-order valence-electron chi connectivity index (χ0n) is 12.5. The van der Waals surface area contributed by atoms with Crippen LogP contribution in [-0.4, -0.2) is 22.3 Å². The number of halogens is 1. The first-order valence-corrected chi connectivity index (χ1v) is 8.09. The first kappa shape index (κ1) is 16.9. The van der Waals surface area contributed by atoms with Crippen LogP contribution in [0.5, 0.6) is 0 Å². The second-order valence-electron chi connectivity index (χ2n) is 5.34. The molecule has 1 saturated heterocycles. The molecule has 1 amide bonds. The monoisotopic (exact) mass is 337 g/mol. The van der Waals surface area contributed by atoms with Gasteiger partial charge < -0.3 is 10.6 Å². The van der Waals surface area contributed by atoms with E-state index in [1.165, 1.54) is 22.5 Å². The summed E-state index contributed by atoms with van der Waals surface area (Å²) in [4.78, 5) is 19.0. The average Bonchev–Trinajstić information content (AvgIpc) is 3.16. The van der Waals surface area contributed by atoms with Crippen LogP contribution in [0.1, 0.15) is 45.5 Å². The van der Waals surface area contributed by atoms with Crippen LogP contribution in [0.2, 0.25) is 0 Å². The van der Waals surface area contributed by atoms with Crippen LogP contribution in [0.25, 0.3) is 0 Å². The molecule has 4 nitrogen and oxygen atoms in total. The lowest BCUT2D eigenvalue weighted by Gasteiger charge is -2.25. The van der Waals surface area contributed by atoms with Crippen LogP contribution < -0.4 is 5.73 Å². The quantitative estimate of drug-likeness (QED) is 0.934. The van der Waals surface area contributed by atoms with Gasteiger partial charge in [0.2, 0.25) is 0 Å². The zero-order chi connectivity index (χ0) is 14.8. The number of nitrogens with two attached hydrogens (primary N) is 1. The van der Waals surface area contributed by atoms with Crippen molar-refractivity contribution in [2.45, 2.75) is 32.4 Å². The molecular weight excluding hydrogens is 318 g/mol. The molecular formula is C16H20ClN3OS. The number of thiazole rings is 1. The van der Waals surface area contributed by atoms with Crippen molar-refractivity contribution >= 4 is 29.7 Å². The molecule has 1 aliphatic heterocycles. The average molecular weight is 338 g/mol. The van der Waals surface area contributed by atoms with E-state index in [4.69, 9.17) is 5.73 Å². The third kappa shape index (κ3) is 3.16. The number of aryl methyl sites for hydroxylation is 1. The highest BCUT2D eigenvalue weighted by Crippen LogP contribution is 2.34. The molecule has 2 aromatic rings. The Labute approximate surface area is 140 Å². The standard InChI is InChI=1S/C16H19N3OS.ClH/c1-11-5-2-3-6-12(11)14-7-4-8-19(14)16(20)13-10-21-15(9-17)18-13;/h2-3,5-6,10,14H,4,7-9,17H2,1H3;1H. The summed E-state index contributed by atoms with van der Waals surface area (Å²) in [7, 11) is 0. The van der Waals surface area contributed by atoms with Crippen LogP contribution in [-0.2, 0) is 6.54 Å². The van der Waals surface area contributed by atoms with Gasteiger partial charge in [-0.3, -0.25) is 4.79 Å². The summed E-state index contributed by atoms with van der Waals surface area (Å²) in [6.45, 7) is 3.29. The molecule has 1 atom stereocenters. The van der Waals surface area contributed by atoms with Gasteiger partial charge in [0.25, 0.3) is 5.91 Å². The lowest BCUT2D eigenvalue weighted by atomic mass is 9.99. The molecule has 2 N–H and O–H groups in total. The van der Waals surface area contributed by atoms with Crippen molar-refractivity contribution in [2.75, 3.05) is 6.54 Å². The van der Waals surface area contributed by atoms with Crippen molar-refractivity contribution in [1.82, 2.24) is 9.88 Å². The number of benzene rings is 1. The molecule has 118 valence electrons. The largest absolute Gasteiger partial charge is 0.330 e. The minimum absolute atomic E-state index is 0. The van der Waals surface area contributed by atoms with Crippen LogP contribution in [0.15, 0.2) is 29.6 Å². The fraction of sp³-hybridized carbons (Fsp3) is 0.375. The summed E-state index contributed by atoms with van der Waals surface area (Å²) in [5.41, 5.74) is 8.59. The number of nitrogens with zero attached hydrogens (tertiary/aromatic N) is 2. The minimum atomic E-state index is 0. The van der Waals surface area contributed by atoms with Crippen molar-refractivity contribution < 1.29 is 4.79 Å². The molecule has 1 aliphatic rings. The highest BCUT2D eigenvalue weighted by atomic mass is 35.5. The van der Waals surface area contributed by atoms with Crippen molar-refractivity contribution in [3.63, 3.8) is 0 Å². The molecule has 1 aromatic heterocycles. The molecule has 1 unspecified atom stereocenters. The first-order valence-electron chi connectivity index (χ1n) is 7.21. The topological polar surface area (TPSA) is 59.2 Å². The van der Waals surface area contributed by atoms with E-state index in [1.54, 1.807) is 0 Å². The Morgan fingerprint density at radius 2 is 2.23 bits per heavy atom. The molecule has 3 rings (SSSR count). The smallest absolute Gasteiger partial charge is 0.273 e. The highest BCUT2D eigenvalue weighted by Gasteiger charge is 2.32. The number of likely N-dealkylation sites (tertiary alicyclic amines) is 1. The van der Waals surface area contributed by atoms with Crippen molar-refractivity contribution in [2.24, 2.45) is 5.73 Å². The second kappa shape index (κ2) is 7.22. The third-order valence-electron chi connectivity index (χ3n) is 4.01. The number of hydrogen-bond acceptors (Lipinski definition) is 4. The first-order chi connectivity index (χ1) is 10.2. The normalized spacial score (nSPS) is 17.4. The number of aromatic nitrogens is 1. The van der Waals surface area contributed by atoms with Crippen LogP contribution >= 0.6 is 23.7 Å². The van der Waals surface area contributed by atoms with Gasteiger partial charge >= 0.3 is 0 Å². The molecule has 2 heterocycles. The van der Waals surface area contributed by atoms with Crippen LogP contribution in [0.4, 0.5) is 0 Å². The number of rotatable bonds is 3. The van der Waals surface area contributed by atoms with Gasteiger partial charge in [-0.25, -0.2) is 4.98 Å². The molecule has 1 fully saturated rings. The Morgan fingerprint density at radius 1 is 1.45 bits per heavy atom. The molecule has 22 heavy (non-hydrogen) atoms. The zero-order valence-corrected chi connectivity index (χ0v) is 14.1. The van der Waals surface area contributed by atoms with Crippen molar-refractivity contribution in [3.8, 4) is 0 Å². The molecule has 0 aliphatic carbocycles. The number of carbonyl (C=O) groups is 1. The maximum atomic E-state index is 12.7. The Bertz CT molecular complexity index is 658. The van der Waals surface area contributed by atoms with Gasteiger partial charge in [-0.15, -0.1) is 23.7 Å². The Kier molecular flexibility index (Phi) is 5.56. The molecule has 6 heteroatoms. The predicted octanol–water partition coefficient (Wildman–Crippen LogP) is 3.31. The molecule has 0 saturated carbocycles. The van der Waals surface area contributed by atoms with E-state index in [1.807, 2.05) is 22.4 Å². The fourth-order valence-corrected chi connectivity index (χ4v) is 3.59. The van der Waals surface area contributed by atoms with Crippen molar-refractivity contribution in [1.29, 1.82) is 0 Å². The van der Waals surface area contributed by atoms with Gasteiger partial charge in [0, 0.05) is 18.5 Å². The summed E-state index contributed by atoms with van der Waals surface area (Å²) in [5, 5.41) is 2.63. The molecule has 0 spiro atoms. The van der Waals surface area contributed by atoms with Gasteiger partial charge in [-0.2, -0.15) is 0 Å². The summed E-state index contributed by atoms with van der Waals surface area (Å²) in [5.74, 6) is 0.0247. The maximum absolute atomic E-state index is 12.7. The SMILES string of the molecule is Cc1ccccc1C1CCCN1C(=O)c1csc(CN)n1.Cl. The van der Waals surface area contributed by atoms with E-state index < -0.39 is 0 Å². The van der Waals surface area contributed by atoms with E-state index in [9.17, 15) is 4.79 Å². The van der Waals surface area contributed by atoms with Gasteiger partial charge in [0.05, 0.1) is 6.04 Å². The van der Waals surface area contributed by atoms with E-state index in [0.717, 1.165) is 24.4 Å². The number of hydrogen-bond donors (Lipinski definition) is 1. The molecule has 0 radical (unpaired) electrons. The maximum Gasteiger partial charge on any atom is 0.273 e. The Hall–Kier alpha value is -1.43. The second-order valence-corrected chi connectivity index (χ2v) is 6.29. The fourth-order valence-electron chi connectivity index (χ4n) is 2.94. The summed E-state index contributed by atoms with van der Waals surface area (Å²) < 4.78 is 0. The molecule has 0 bridgehead atoms. The van der Waals surface area contributed by atoms with Crippen LogP contribution in [0.3, 0.4) is 0 Å². The number of amides is 1.